The number of hydrogen-bond donors (Lipinski definition) is 4. The topological polar surface area (TPSA) is 191 Å². The highest BCUT2D eigenvalue weighted by Crippen LogP contribution is 2.45. The molecule has 1 aliphatic rings. The summed E-state index contributed by atoms with van der Waals surface area (Å²) < 4.78 is 35.3. The Morgan fingerprint density at radius 1 is 1.29 bits per heavy atom. The number of rotatable bonds is 10. The molecule has 0 radical (unpaired) electrons. The number of esters is 1. The summed E-state index contributed by atoms with van der Waals surface area (Å²) in [6.45, 7) is 2.55. The van der Waals surface area contributed by atoms with Crippen LogP contribution in [0, 0.1) is 0 Å². The Balaban J connectivity index is 1.75. The van der Waals surface area contributed by atoms with Gasteiger partial charge in [0, 0.05) is 0 Å². The van der Waals surface area contributed by atoms with E-state index >= 15 is 0 Å². The van der Waals surface area contributed by atoms with Crippen molar-refractivity contribution in [3.63, 3.8) is 0 Å². The molecule has 1 saturated heterocycles. The fourth-order valence-corrected chi connectivity index (χ4v) is 4.55. The van der Waals surface area contributed by atoms with E-state index in [2.05, 4.69) is 10.2 Å². The number of carbonyl (C=O) groups is 1. The average molecular weight is 500 g/mol. The van der Waals surface area contributed by atoms with E-state index in [9.17, 15) is 29.2 Å². The molecule has 15 heteroatoms. The van der Waals surface area contributed by atoms with Crippen molar-refractivity contribution in [2.24, 2.45) is 0 Å². The smallest absolute Gasteiger partial charge is 0.459 e. The highest BCUT2D eigenvalue weighted by Gasteiger charge is 2.46. The maximum absolute atomic E-state index is 13.4. The van der Waals surface area contributed by atoms with Crippen LogP contribution in [0.2, 0.25) is 0 Å². The molecule has 0 aliphatic carbocycles. The van der Waals surface area contributed by atoms with Gasteiger partial charge in [-0.2, -0.15) is 14.9 Å². The van der Waals surface area contributed by atoms with Gasteiger partial charge in [0.05, 0.1) is 13.2 Å². The summed E-state index contributed by atoms with van der Waals surface area (Å²) in [6, 6.07) is 6.93. The molecular formula is C19H25N4O10P. The number of para-hydroxylation sites is 1. The minimum Gasteiger partial charge on any atom is -0.465 e. The number of aliphatic hydroxyl groups excluding tert-OH is 2. The van der Waals surface area contributed by atoms with Gasteiger partial charge >= 0.3 is 19.4 Å². The van der Waals surface area contributed by atoms with Crippen LogP contribution in [0.5, 0.6) is 5.75 Å². The first kappa shape index (κ1) is 25.7. The van der Waals surface area contributed by atoms with Crippen LogP contribution in [0.1, 0.15) is 20.1 Å². The molecule has 0 bridgehead atoms. The lowest BCUT2D eigenvalue weighted by molar-refractivity contribution is -0.144. The number of ether oxygens (including phenoxy) is 2. The molecular weight excluding hydrogens is 475 g/mol. The lowest BCUT2D eigenvalue weighted by Crippen LogP contribution is -2.39. The summed E-state index contributed by atoms with van der Waals surface area (Å²) in [5, 5.41) is 26.7. The van der Waals surface area contributed by atoms with E-state index in [1.165, 1.54) is 19.1 Å². The van der Waals surface area contributed by atoms with Crippen LogP contribution < -0.4 is 20.9 Å². The molecule has 0 amide bonds. The minimum atomic E-state index is -4.24. The summed E-state index contributed by atoms with van der Waals surface area (Å²) in [5.41, 5.74) is -1.72. The largest absolute Gasteiger partial charge is 0.465 e. The Labute approximate surface area is 193 Å². The maximum atomic E-state index is 13.4. The van der Waals surface area contributed by atoms with Crippen molar-refractivity contribution < 1.29 is 38.1 Å². The molecule has 3 rings (SSSR count). The van der Waals surface area contributed by atoms with Gasteiger partial charge in [-0.15, -0.1) is 0 Å². The molecule has 1 aromatic carbocycles. The number of benzene rings is 1. The summed E-state index contributed by atoms with van der Waals surface area (Å²) in [5.74, 6) is -0.525. The predicted octanol–water partition coefficient (Wildman–Crippen LogP) is -0.704. The summed E-state index contributed by atoms with van der Waals surface area (Å²) >= 11 is 0. The van der Waals surface area contributed by atoms with E-state index in [4.69, 9.17) is 18.5 Å². The predicted molar refractivity (Wildman–Crippen MR) is 115 cm³/mol. The lowest BCUT2D eigenvalue weighted by atomic mass is 10.1. The fourth-order valence-electron chi connectivity index (χ4n) is 3.05. The van der Waals surface area contributed by atoms with Gasteiger partial charge in [0.2, 0.25) is 0 Å². The molecule has 4 N–H and O–H groups in total. The number of aromatic nitrogens is 3. The van der Waals surface area contributed by atoms with Crippen LogP contribution in [0.3, 0.4) is 0 Å². The number of aromatic amines is 1. The zero-order valence-corrected chi connectivity index (χ0v) is 19.2. The first-order chi connectivity index (χ1) is 16.1. The zero-order valence-electron chi connectivity index (χ0n) is 18.3. The Morgan fingerprint density at radius 2 is 2.00 bits per heavy atom. The fraction of sp³-hybridized carbons (Fsp3) is 0.474. The van der Waals surface area contributed by atoms with E-state index in [0.717, 1.165) is 6.20 Å². The van der Waals surface area contributed by atoms with Crippen molar-refractivity contribution in [3.8, 4) is 5.75 Å². The molecule has 0 saturated carbocycles. The van der Waals surface area contributed by atoms with Gasteiger partial charge in [0.25, 0.3) is 5.56 Å². The maximum Gasteiger partial charge on any atom is 0.459 e. The molecule has 186 valence electrons. The third kappa shape index (κ3) is 6.17. The minimum absolute atomic E-state index is 0.106. The lowest BCUT2D eigenvalue weighted by Gasteiger charge is -2.24. The molecule has 34 heavy (non-hydrogen) atoms. The SMILES string of the molecule is CCOC(=O)[C@H](C)NP(=O)(OC[C@H]1O[C@@H](n2ncc(=O)[nH]c2=O)C(O)C1O)Oc1ccccc1. The normalized spacial score (nSPS) is 24.8. The van der Waals surface area contributed by atoms with Gasteiger partial charge in [-0.05, 0) is 26.0 Å². The molecule has 3 unspecified atom stereocenters. The molecule has 1 fully saturated rings. The van der Waals surface area contributed by atoms with Crippen LogP contribution in [0.15, 0.2) is 46.1 Å². The third-order valence-corrected chi connectivity index (χ3v) is 6.33. The molecule has 6 atom stereocenters. The number of carbonyl (C=O) groups excluding carboxylic acids is 1. The Morgan fingerprint density at radius 3 is 2.65 bits per heavy atom. The van der Waals surface area contributed by atoms with E-state index < -0.39 is 62.2 Å². The first-order valence-corrected chi connectivity index (χ1v) is 11.8. The standard InChI is InChI=1S/C19H25N4O10P/c1-3-30-18(27)11(2)22-34(29,33-12-7-5-4-6-8-12)31-10-13-15(25)16(26)17(32-13)23-19(28)21-14(24)9-20-23/h4-9,11,13,15-17,25-26H,3,10H2,1-2H3,(H,22,29)(H,21,24,28)/t11-,13+,15?,16?,17+,34?/m0/s1. The van der Waals surface area contributed by atoms with Crippen molar-refractivity contribution >= 4 is 13.7 Å². The highest BCUT2D eigenvalue weighted by atomic mass is 31.2. The summed E-state index contributed by atoms with van der Waals surface area (Å²) in [6.07, 6.45) is -5.11. The van der Waals surface area contributed by atoms with Crippen molar-refractivity contribution in [1.29, 1.82) is 0 Å². The van der Waals surface area contributed by atoms with Gasteiger partial charge in [-0.1, -0.05) is 18.2 Å². The number of hydrogen-bond acceptors (Lipinski definition) is 11. The van der Waals surface area contributed by atoms with Crippen molar-refractivity contribution in [2.75, 3.05) is 13.2 Å². The highest BCUT2D eigenvalue weighted by molar-refractivity contribution is 7.52. The second-order valence-corrected chi connectivity index (χ2v) is 8.92. The quantitative estimate of drug-likeness (QED) is 0.237. The molecule has 14 nitrogen and oxygen atoms in total. The average Bonchev–Trinajstić information content (AvgIpc) is 3.07. The molecule has 2 heterocycles. The molecule has 0 spiro atoms. The molecule has 1 aliphatic heterocycles. The summed E-state index contributed by atoms with van der Waals surface area (Å²) in [7, 11) is -4.24. The van der Waals surface area contributed by atoms with Crippen LogP contribution >= 0.6 is 7.75 Å². The molecule has 1 aromatic heterocycles. The number of H-pyrrole nitrogens is 1. The van der Waals surface area contributed by atoms with Gasteiger partial charge in [-0.3, -0.25) is 19.1 Å². The van der Waals surface area contributed by atoms with Gasteiger partial charge < -0.3 is 24.2 Å². The van der Waals surface area contributed by atoms with E-state index in [1.807, 2.05) is 4.98 Å². The van der Waals surface area contributed by atoms with Crippen molar-refractivity contribution in [3.05, 3.63) is 57.4 Å². The molecule has 2 aromatic rings. The monoisotopic (exact) mass is 500 g/mol. The van der Waals surface area contributed by atoms with Crippen molar-refractivity contribution in [1.82, 2.24) is 19.9 Å². The second-order valence-electron chi connectivity index (χ2n) is 7.23. The second kappa shape index (κ2) is 11.0. The van der Waals surface area contributed by atoms with Gasteiger partial charge in [-0.25, -0.2) is 9.36 Å². The first-order valence-electron chi connectivity index (χ1n) is 10.3. The Bertz CT molecular complexity index is 1140. The summed E-state index contributed by atoms with van der Waals surface area (Å²) in [4.78, 5) is 37.2. The van der Waals surface area contributed by atoms with Crippen LogP contribution in [0.4, 0.5) is 0 Å². The third-order valence-electron chi connectivity index (χ3n) is 4.69. The number of aliphatic hydroxyl groups is 2. The van der Waals surface area contributed by atoms with Crippen molar-refractivity contribution in [2.45, 2.75) is 44.4 Å². The van der Waals surface area contributed by atoms with Crippen LogP contribution in [0.25, 0.3) is 0 Å². The van der Waals surface area contributed by atoms with E-state index in [-0.39, 0.29) is 12.4 Å². The van der Waals surface area contributed by atoms with Gasteiger partial charge in [0.1, 0.15) is 36.3 Å². The van der Waals surface area contributed by atoms with Crippen LogP contribution in [-0.4, -0.2) is 68.5 Å². The number of nitrogens with zero attached hydrogens (tertiary/aromatic N) is 2. The number of nitrogens with one attached hydrogen (secondary N) is 2. The Hall–Kier alpha value is -2.87. The van der Waals surface area contributed by atoms with Gasteiger partial charge in [0.15, 0.2) is 6.23 Å². The zero-order chi connectivity index (χ0) is 24.9. The Kier molecular flexibility index (Phi) is 8.36. The van der Waals surface area contributed by atoms with Crippen LogP contribution in [-0.2, 0) is 23.4 Å². The van der Waals surface area contributed by atoms with E-state index in [0.29, 0.717) is 4.68 Å². The van der Waals surface area contributed by atoms with E-state index in [1.54, 1.807) is 25.1 Å².